The van der Waals surface area contributed by atoms with Crippen molar-refractivity contribution in [3.05, 3.63) is 35.5 Å². The molecule has 0 aromatic carbocycles. The molecule has 0 atom stereocenters. The van der Waals surface area contributed by atoms with Gasteiger partial charge in [0.1, 0.15) is 0 Å². The third-order valence-corrected chi connectivity index (χ3v) is 1.22. The van der Waals surface area contributed by atoms with Gasteiger partial charge in [0, 0.05) is 0 Å². The van der Waals surface area contributed by atoms with Crippen LogP contribution in [0.2, 0.25) is 0 Å². The largest absolute Gasteiger partial charge is 3.00 e. The Hall–Kier alpha value is -1.05. The standard InChI is InChI=1S/3C5H8O2.Gd/c3*1-4(6)3-5(2)7;/h3*3,6H,1-2H3;/q;;;+3/p-3/b3*4-3-;. The van der Waals surface area contributed by atoms with Gasteiger partial charge in [-0.25, -0.2) is 0 Å². The molecule has 7 heteroatoms. The van der Waals surface area contributed by atoms with Gasteiger partial charge in [-0.1, -0.05) is 20.8 Å². The molecule has 0 rings (SSSR count). The third-order valence-electron chi connectivity index (χ3n) is 1.22. The Labute approximate surface area is 163 Å². The average molecular weight is 455 g/mol. The van der Waals surface area contributed by atoms with Crippen LogP contribution in [0.3, 0.4) is 0 Å². The predicted molar refractivity (Wildman–Crippen MR) is 73.3 cm³/mol. The Morgan fingerprint density at radius 1 is 0.545 bits per heavy atom. The summed E-state index contributed by atoms with van der Waals surface area (Å²) in [6.07, 6.45) is 3.17. The molecule has 0 saturated carbocycles. The summed E-state index contributed by atoms with van der Waals surface area (Å²) in [6.45, 7) is 8.09. The SMILES string of the molecule is CC(=O)/C=C(/C)[O-].CC(=O)/C=C(/C)[O-].CC(=O)/C=C(/C)[O-].[Gd+3]. The molecule has 0 aromatic heterocycles. The molecule has 22 heavy (non-hydrogen) atoms. The molecule has 6 nitrogen and oxygen atoms in total. The summed E-state index contributed by atoms with van der Waals surface area (Å²) in [5, 5.41) is 29.9. The zero-order chi connectivity index (χ0) is 17.6. The van der Waals surface area contributed by atoms with Gasteiger partial charge in [0.05, 0.1) is 0 Å². The van der Waals surface area contributed by atoms with Gasteiger partial charge in [-0.3, -0.25) is 14.4 Å². The molecule has 0 aliphatic heterocycles. The quantitative estimate of drug-likeness (QED) is 0.419. The second-order valence-corrected chi connectivity index (χ2v) is 4.10. The first-order valence-electron chi connectivity index (χ1n) is 5.96. The molecule has 0 heterocycles. The van der Waals surface area contributed by atoms with Crippen molar-refractivity contribution < 1.29 is 69.6 Å². The summed E-state index contributed by atoms with van der Waals surface area (Å²) in [6, 6.07) is 0. The zero-order valence-corrected chi connectivity index (χ0v) is 15.8. The molecule has 0 aromatic rings. The maximum absolute atomic E-state index is 9.98. The molecule has 0 N–H and O–H groups in total. The second-order valence-electron chi connectivity index (χ2n) is 4.10. The van der Waals surface area contributed by atoms with Gasteiger partial charge in [-0.05, 0) is 39.0 Å². The van der Waals surface area contributed by atoms with Crippen LogP contribution in [0.15, 0.2) is 35.5 Å². The van der Waals surface area contributed by atoms with Crippen molar-refractivity contribution in [3.8, 4) is 0 Å². The molecule has 0 bridgehead atoms. The van der Waals surface area contributed by atoms with E-state index in [4.69, 9.17) is 0 Å². The first-order chi connectivity index (χ1) is 9.38. The number of hydrogen-bond acceptors (Lipinski definition) is 6. The van der Waals surface area contributed by atoms with E-state index in [9.17, 15) is 29.7 Å². The monoisotopic (exact) mass is 455 g/mol. The number of allylic oxidation sites excluding steroid dienone is 6. The molecule has 0 saturated heterocycles. The van der Waals surface area contributed by atoms with Gasteiger partial charge in [-0.15, -0.1) is 17.3 Å². The average Bonchev–Trinajstić information content (AvgIpc) is 2.10. The first-order valence-corrected chi connectivity index (χ1v) is 5.96. The van der Waals surface area contributed by atoms with E-state index < -0.39 is 0 Å². The van der Waals surface area contributed by atoms with Crippen LogP contribution in [0.5, 0.6) is 0 Å². The number of carbonyl (C=O) groups excluding carboxylic acids is 3. The Bertz CT molecular complexity index is 368. The van der Waals surface area contributed by atoms with E-state index in [1.54, 1.807) is 0 Å². The predicted octanol–water partition coefficient (Wildman–Crippen LogP) is -0.481. The summed E-state index contributed by atoms with van der Waals surface area (Å²) in [5.41, 5.74) is 0. The molecule has 125 valence electrons. The number of rotatable bonds is 3. The molecule has 0 fully saturated rings. The van der Waals surface area contributed by atoms with E-state index in [0.29, 0.717) is 0 Å². The minimum Gasteiger partial charge on any atom is -0.876 e. The van der Waals surface area contributed by atoms with E-state index in [1.165, 1.54) is 41.5 Å². The van der Waals surface area contributed by atoms with Gasteiger partial charge in [-0.2, -0.15) is 0 Å². The fourth-order valence-electron chi connectivity index (χ4n) is 0.859. The normalized spacial score (nSPS) is 10.9. The minimum atomic E-state index is -0.187. The maximum Gasteiger partial charge on any atom is 3.00 e. The first kappa shape index (κ1) is 29.0. The van der Waals surface area contributed by atoms with Crippen molar-refractivity contribution in [1.82, 2.24) is 0 Å². The Kier molecular flexibility index (Phi) is 23.8. The van der Waals surface area contributed by atoms with Crippen LogP contribution in [0, 0.1) is 39.9 Å². The summed E-state index contributed by atoms with van der Waals surface area (Å²) < 4.78 is 0. The number of carbonyl (C=O) groups is 3. The van der Waals surface area contributed by atoms with Gasteiger partial charge in [0.2, 0.25) is 0 Å². The molecule has 1 radical (unpaired) electrons. The van der Waals surface area contributed by atoms with Crippen molar-refractivity contribution in [2.24, 2.45) is 0 Å². The molecule has 0 spiro atoms. The van der Waals surface area contributed by atoms with E-state index in [0.717, 1.165) is 18.2 Å². The molecule has 0 aliphatic rings. The van der Waals surface area contributed by atoms with Crippen molar-refractivity contribution >= 4 is 17.3 Å². The van der Waals surface area contributed by atoms with Crippen LogP contribution in [-0.2, 0) is 14.4 Å². The van der Waals surface area contributed by atoms with E-state index in [2.05, 4.69) is 0 Å². The fraction of sp³-hybridized carbons (Fsp3) is 0.400. The van der Waals surface area contributed by atoms with Gasteiger partial charge in [0.25, 0.3) is 0 Å². The molecule has 0 unspecified atom stereocenters. The van der Waals surface area contributed by atoms with E-state index in [1.807, 2.05) is 0 Å². The minimum absolute atomic E-state index is 0. The maximum atomic E-state index is 9.98. The van der Waals surface area contributed by atoms with Crippen molar-refractivity contribution in [2.75, 3.05) is 0 Å². The van der Waals surface area contributed by atoms with Crippen LogP contribution in [0.4, 0.5) is 0 Å². The van der Waals surface area contributed by atoms with Gasteiger partial charge >= 0.3 is 39.9 Å². The van der Waals surface area contributed by atoms with Crippen molar-refractivity contribution in [3.63, 3.8) is 0 Å². The molecule has 0 amide bonds. The second kappa shape index (κ2) is 18.0. The zero-order valence-electron chi connectivity index (χ0n) is 13.5. The fourth-order valence-corrected chi connectivity index (χ4v) is 0.859. The molecule has 0 aliphatic carbocycles. The summed E-state index contributed by atoms with van der Waals surface area (Å²) in [4.78, 5) is 29.9. The topological polar surface area (TPSA) is 120 Å². The Balaban J connectivity index is -0.000000108. The summed E-state index contributed by atoms with van der Waals surface area (Å²) in [7, 11) is 0. The third kappa shape index (κ3) is 50.9. The van der Waals surface area contributed by atoms with Crippen LogP contribution >= 0.6 is 0 Å². The van der Waals surface area contributed by atoms with E-state index >= 15 is 0 Å². The molecular formula is C15H21GdO6. The number of ketones is 3. The smallest absolute Gasteiger partial charge is 0.876 e. The van der Waals surface area contributed by atoms with Crippen LogP contribution in [-0.4, -0.2) is 17.3 Å². The molecular weight excluding hydrogens is 433 g/mol. The number of hydrogen-bond donors (Lipinski definition) is 0. The summed E-state index contributed by atoms with van der Waals surface area (Å²) >= 11 is 0. The Morgan fingerprint density at radius 3 is 0.682 bits per heavy atom. The van der Waals surface area contributed by atoms with Crippen LogP contribution in [0.25, 0.3) is 0 Å². The van der Waals surface area contributed by atoms with Crippen molar-refractivity contribution in [1.29, 1.82) is 0 Å². The van der Waals surface area contributed by atoms with Crippen LogP contribution < -0.4 is 15.3 Å². The van der Waals surface area contributed by atoms with E-state index in [-0.39, 0.29) is 74.6 Å². The Morgan fingerprint density at radius 2 is 0.682 bits per heavy atom. The van der Waals surface area contributed by atoms with Crippen LogP contribution in [0.1, 0.15) is 41.5 Å². The van der Waals surface area contributed by atoms with Gasteiger partial charge in [0.15, 0.2) is 17.3 Å². The summed E-state index contributed by atoms with van der Waals surface area (Å²) in [5.74, 6) is -1.12. The van der Waals surface area contributed by atoms with Crippen molar-refractivity contribution in [2.45, 2.75) is 41.5 Å². The van der Waals surface area contributed by atoms with Gasteiger partial charge < -0.3 is 15.3 Å².